The van der Waals surface area contributed by atoms with Crippen LogP contribution in [0.1, 0.15) is 29.3 Å². The van der Waals surface area contributed by atoms with Gasteiger partial charge in [-0.25, -0.2) is 9.78 Å². The monoisotopic (exact) mass is 513 g/mol. The van der Waals surface area contributed by atoms with Gasteiger partial charge in [-0.2, -0.15) is 0 Å². The van der Waals surface area contributed by atoms with Gasteiger partial charge >= 0.3 is 5.69 Å². The van der Waals surface area contributed by atoms with Crippen molar-refractivity contribution in [1.82, 2.24) is 19.1 Å². The summed E-state index contributed by atoms with van der Waals surface area (Å²) in [4.78, 5) is 45.7. The number of hydrogen-bond donors (Lipinski definition) is 2. The Balaban J connectivity index is 1.59. The van der Waals surface area contributed by atoms with Gasteiger partial charge in [-0.05, 0) is 48.4 Å². The molecule has 3 aromatic carbocycles. The highest BCUT2D eigenvalue weighted by atomic mass is 35.5. The zero-order valence-corrected chi connectivity index (χ0v) is 20.8. The van der Waals surface area contributed by atoms with Crippen LogP contribution in [0.25, 0.3) is 22.6 Å². The molecule has 0 fully saturated rings. The highest BCUT2D eigenvalue weighted by molar-refractivity contribution is 6.30. The predicted molar refractivity (Wildman–Crippen MR) is 145 cm³/mol. The molecule has 0 bridgehead atoms. The Morgan fingerprint density at radius 1 is 0.973 bits per heavy atom. The molecule has 2 aromatic heterocycles. The topological polar surface area (TPSA) is 102 Å². The number of hydrogen-bond acceptors (Lipinski definition) is 4. The van der Waals surface area contributed by atoms with E-state index in [2.05, 4.69) is 10.3 Å². The van der Waals surface area contributed by atoms with Crippen LogP contribution < -0.4 is 16.6 Å². The first-order chi connectivity index (χ1) is 17.9. The van der Waals surface area contributed by atoms with Crippen molar-refractivity contribution in [2.45, 2.75) is 26.4 Å². The number of aryl methyl sites for hydroxylation is 1. The third-order valence-corrected chi connectivity index (χ3v) is 6.25. The molecule has 2 heterocycles. The summed E-state index contributed by atoms with van der Waals surface area (Å²) in [7, 11) is 0. The number of amides is 1. The van der Waals surface area contributed by atoms with E-state index in [0.717, 1.165) is 12.0 Å². The molecule has 8 nitrogen and oxygen atoms in total. The maximum atomic E-state index is 12.9. The Hall–Kier alpha value is -4.43. The molecule has 0 radical (unpaired) electrons. The molecule has 0 unspecified atom stereocenters. The summed E-state index contributed by atoms with van der Waals surface area (Å²) < 4.78 is 3.31. The number of halogens is 1. The quantitative estimate of drug-likeness (QED) is 0.322. The lowest BCUT2D eigenvalue weighted by Crippen LogP contribution is -2.31. The van der Waals surface area contributed by atoms with Gasteiger partial charge in [-0.15, -0.1) is 0 Å². The van der Waals surface area contributed by atoms with Crippen LogP contribution in [0.5, 0.6) is 0 Å². The largest absolute Gasteiger partial charge is 0.330 e. The van der Waals surface area contributed by atoms with Crippen molar-refractivity contribution >= 4 is 34.4 Å². The average Bonchev–Trinajstić information content (AvgIpc) is 3.28. The number of benzene rings is 3. The highest BCUT2D eigenvalue weighted by Crippen LogP contribution is 2.26. The fourth-order valence-corrected chi connectivity index (χ4v) is 4.41. The number of carbonyl (C=O) groups is 1. The van der Waals surface area contributed by atoms with E-state index >= 15 is 0 Å². The molecule has 0 atom stereocenters. The van der Waals surface area contributed by atoms with Gasteiger partial charge < -0.3 is 9.88 Å². The van der Waals surface area contributed by atoms with Crippen LogP contribution in [0.15, 0.2) is 88.5 Å². The van der Waals surface area contributed by atoms with Crippen LogP contribution in [0.4, 0.5) is 5.69 Å². The van der Waals surface area contributed by atoms with E-state index in [1.807, 2.05) is 54.0 Å². The smallest absolute Gasteiger partial charge is 0.322 e. The zero-order chi connectivity index (χ0) is 25.9. The van der Waals surface area contributed by atoms with Gasteiger partial charge in [0, 0.05) is 28.4 Å². The molecule has 2 N–H and O–H groups in total. The highest BCUT2D eigenvalue weighted by Gasteiger charge is 2.20. The Morgan fingerprint density at radius 2 is 1.73 bits per heavy atom. The average molecular weight is 514 g/mol. The Kier molecular flexibility index (Phi) is 6.74. The Labute approximate surface area is 217 Å². The van der Waals surface area contributed by atoms with Gasteiger partial charge in [0.05, 0.1) is 6.54 Å². The summed E-state index contributed by atoms with van der Waals surface area (Å²) >= 11 is 5.93. The number of anilines is 1. The summed E-state index contributed by atoms with van der Waals surface area (Å²) in [6, 6.07) is 23.4. The van der Waals surface area contributed by atoms with E-state index in [-0.39, 0.29) is 12.5 Å². The van der Waals surface area contributed by atoms with E-state index in [1.165, 1.54) is 4.57 Å². The first-order valence-electron chi connectivity index (χ1n) is 11.9. The number of imidazole rings is 1. The number of fused-ring (bicyclic) bond motifs is 1. The van der Waals surface area contributed by atoms with E-state index in [9.17, 15) is 14.4 Å². The molecule has 0 aliphatic heterocycles. The number of carbonyl (C=O) groups excluding carboxylic acids is 1. The summed E-state index contributed by atoms with van der Waals surface area (Å²) in [5.41, 5.74) is 2.32. The second-order valence-corrected chi connectivity index (χ2v) is 9.07. The summed E-state index contributed by atoms with van der Waals surface area (Å²) in [6.07, 6.45) is 0.753. The normalized spacial score (nSPS) is 11.1. The Bertz CT molecular complexity index is 1700. The van der Waals surface area contributed by atoms with Crippen molar-refractivity contribution in [3.05, 3.63) is 116 Å². The van der Waals surface area contributed by atoms with Gasteiger partial charge in [0.2, 0.25) is 0 Å². The summed E-state index contributed by atoms with van der Waals surface area (Å²) in [5.74, 6) is 0.265. The van der Waals surface area contributed by atoms with E-state index in [1.54, 1.807) is 36.4 Å². The maximum Gasteiger partial charge on any atom is 0.330 e. The van der Waals surface area contributed by atoms with Crippen LogP contribution >= 0.6 is 11.6 Å². The molecule has 5 aromatic rings. The van der Waals surface area contributed by atoms with Crippen molar-refractivity contribution in [2.75, 3.05) is 5.32 Å². The minimum atomic E-state index is -0.516. The second kappa shape index (κ2) is 10.3. The number of aromatic amines is 1. The fourth-order valence-electron chi connectivity index (χ4n) is 4.29. The first-order valence-corrected chi connectivity index (χ1v) is 12.3. The SMILES string of the molecule is CCCn1c(-c2cccc(NC(=O)c3ccc(Cl)cc3)c2)nc2c1c(=O)[nH]c(=O)n2Cc1ccccc1. The van der Waals surface area contributed by atoms with Gasteiger partial charge in [-0.1, -0.05) is 61.0 Å². The third-order valence-electron chi connectivity index (χ3n) is 6.00. The number of nitrogens with one attached hydrogen (secondary N) is 2. The van der Waals surface area contributed by atoms with Crippen molar-refractivity contribution in [3.63, 3.8) is 0 Å². The molecule has 0 spiro atoms. The molecular weight excluding hydrogens is 490 g/mol. The third kappa shape index (κ3) is 4.96. The van der Waals surface area contributed by atoms with Crippen molar-refractivity contribution < 1.29 is 4.79 Å². The number of aromatic nitrogens is 4. The first kappa shape index (κ1) is 24.3. The fraction of sp³-hybridized carbons (Fsp3) is 0.143. The lowest BCUT2D eigenvalue weighted by Gasteiger charge is -2.10. The van der Waals surface area contributed by atoms with Crippen LogP contribution in [0.2, 0.25) is 5.02 Å². The summed E-state index contributed by atoms with van der Waals surface area (Å²) in [6.45, 7) is 2.80. The standard InChI is InChI=1S/C28H24ClN5O3/c1-2-15-33-23-25(34(28(37)32-27(23)36)17-18-7-4-3-5-8-18)31-24(33)20-9-6-10-22(16-20)30-26(35)19-11-13-21(29)14-12-19/h3-14,16H,2,15,17H2,1H3,(H,30,35)(H,32,36,37). The Morgan fingerprint density at radius 3 is 2.46 bits per heavy atom. The van der Waals surface area contributed by atoms with Gasteiger partial charge in [-0.3, -0.25) is 19.1 Å². The second-order valence-electron chi connectivity index (χ2n) is 8.63. The number of nitrogens with zero attached hydrogens (tertiary/aromatic N) is 3. The van der Waals surface area contributed by atoms with E-state index in [0.29, 0.717) is 45.4 Å². The zero-order valence-electron chi connectivity index (χ0n) is 20.1. The minimum Gasteiger partial charge on any atom is -0.322 e. The van der Waals surface area contributed by atoms with Crippen molar-refractivity contribution in [3.8, 4) is 11.4 Å². The number of H-pyrrole nitrogens is 1. The minimum absolute atomic E-state index is 0.271. The molecule has 1 amide bonds. The lowest BCUT2D eigenvalue weighted by atomic mass is 10.1. The molecular formula is C28H24ClN5O3. The summed E-state index contributed by atoms with van der Waals surface area (Å²) in [5, 5.41) is 3.45. The molecule has 0 saturated carbocycles. The van der Waals surface area contributed by atoms with Crippen LogP contribution in [0, 0.1) is 0 Å². The predicted octanol–water partition coefficient (Wildman–Crippen LogP) is 4.92. The molecule has 0 aliphatic carbocycles. The van der Waals surface area contributed by atoms with Crippen molar-refractivity contribution in [1.29, 1.82) is 0 Å². The van der Waals surface area contributed by atoms with Gasteiger partial charge in [0.15, 0.2) is 11.2 Å². The van der Waals surface area contributed by atoms with E-state index in [4.69, 9.17) is 16.6 Å². The number of rotatable bonds is 7. The van der Waals surface area contributed by atoms with Gasteiger partial charge in [0.25, 0.3) is 11.5 Å². The van der Waals surface area contributed by atoms with Crippen LogP contribution in [-0.2, 0) is 13.1 Å². The van der Waals surface area contributed by atoms with Crippen LogP contribution in [0.3, 0.4) is 0 Å². The van der Waals surface area contributed by atoms with E-state index < -0.39 is 11.2 Å². The maximum absolute atomic E-state index is 12.9. The van der Waals surface area contributed by atoms with Gasteiger partial charge in [0.1, 0.15) is 5.82 Å². The lowest BCUT2D eigenvalue weighted by molar-refractivity contribution is 0.102. The molecule has 5 rings (SSSR count). The van der Waals surface area contributed by atoms with Crippen molar-refractivity contribution in [2.24, 2.45) is 0 Å². The molecule has 186 valence electrons. The molecule has 0 saturated heterocycles. The molecule has 9 heteroatoms. The molecule has 0 aliphatic rings. The van der Waals surface area contributed by atoms with Crippen LogP contribution in [-0.4, -0.2) is 25.0 Å². The molecule has 37 heavy (non-hydrogen) atoms.